The number of rotatable bonds is 4. The Morgan fingerprint density at radius 1 is 1.20 bits per heavy atom. The Kier molecular flexibility index (Phi) is 6.60. The number of ether oxygens (including phenoxy) is 2. The summed E-state index contributed by atoms with van der Waals surface area (Å²) in [5, 5.41) is 15.3. The van der Waals surface area contributed by atoms with Gasteiger partial charge in [-0.15, -0.1) is 0 Å². The van der Waals surface area contributed by atoms with E-state index in [0.29, 0.717) is 24.1 Å². The van der Waals surface area contributed by atoms with Gasteiger partial charge in [-0.2, -0.15) is 0 Å². The van der Waals surface area contributed by atoms with Gasteiger partial charge in [-0.05, 0) is 36.9 Å². The highest BCUT2D eigenvalue weighted by Crippen LogP contribution is 2.34. The SMILES string of the molecule is C[C@]1(N2CCN(c3cc4cc(NC(=O)[C@H]5CCC(F)(F)CO5)ncc4cc3Cl)CC2)COC[C@H]1O. The van der Waals surface area contributed by atoms with Crippen molar-refractivity contribution in [3.63, 3.8) is 0 Å². The zero-order valence-electron chi connectivity index (χ0n) is 19.5. The van der Waals surface area contributed by atoms with E-state index in [4.69, 9.17) is 21.1 Å². The molecule has 35 heavy (non-hydrogen) atoms. The number of carbonyl (C=O) groups excluding carboxylic acids is 1. The highest BCUT2D eigenvalue weighted by atomic mass is 35.5. The lowest BCUT2D eigenvalue weighted by atomic mass is 9.95. The van der Waals surface area contributed by atoms with E-state index in [0.717, 1.165) is 42.6 Å². The first-order valence-corrected chi connectivity index (χ1v) is 12.2. The molecule has 1 amide bonds. The molecule has 1 aromatic carbocycles. The predicted octanol–water partition coefficient (Wildman–Crippen LogP) is 2.91. The highest BCUT2D eigenvalue weighted by Gasteiger charge is 2.44. The average Bonchev–Trinajstić information content (AvgIpc) is 3.18. The number of aliphatic hydroxyl groups is 1. The van der Waals surface area contributed by atoms with Crippen LogP contribution in [0.3, 0.4) is 0 Å². The van der Waals surface area contributed by atoms with Crippen LogP contribution in [0.15, 0.2) is 24.4 Å². The van der Waals surface area contributed by atoms with Gasteiger partial charge in [0.2, 0.25) is 0 Å². The van der Waals surface area contributed by atoms with Crippen molar-refractivity contribution in [1.29, 1.82) is 0 Å². The summed E-state index contributed by atoms with van der Waals surface area (Å²) >= 11 is 6.61. The molecule has 0 saturated carbocycles. The van der Waals surface area contributed by atoms with Gasteiger partial charge in [0.25, 0.3) is 11.8 Å². The van der Waals surface area contributed by atoms with Crippen LogP contribution >= 0.6 is 11.6 Å². The van der Waals surface area contributed by atoms with Crippen molar-refractivity contribution in [2.24, 2.45) is 0 Å². The molecule has 4 heterocycles. The molecule has 0 unspecified atom stereocenters. The molecule has 2 N–H and O–H groups in total. The number of piperazine rings is 1. The number of fused-ring (bicyclic) bond motifs is 1. The smallest absolute Gasteiger partial charge is 0.271 e. The average molecular weight is 511 g/mol. The number of carbonyl (C=O) groups is 1. The first-order chi connectivity index (χ1) is 16.6. The van der Waals surface area contributed by atoms with Crippen LogP contribution in [-0.4, -0.2) is 90.6 Å². The van der Waals surface area contributed by atoms with Crippen molar-refractivity contribution < 1.29 is 28.2 Å². The van der Waals surface area contributed by atoms with Gasteiger partial charge in [-0.25, -0.2) is 13.8 Å². The summed E-state index contributed by atoms with van der Waals surface area (Å²) in [5.74, 6) is -3.05. The molecule has 190 valence electrons. The fourth-order valence-corrected chi connectivity index (χ4v) is 5.30. The Bertz CT molecular complexity index is 1100. The van der Waals surface area contributed by atoms with Gasteiger partial charge in [0.05, 0.1) is 35.6 Å². The number of hydrogen-bond donors (Lipinski definition) is 2. The van der Waals surface area contributed by atoms with Crippen LogP contribution in [0.2, 0.25) is 5.02 Å². The Balaban J connectivity index is 1.28. The van der Waals surface area contributed by atoms with Crippen molar-refractivity contribution in [2.45, 2.75) is 43.4 Å². The molecule has 8 nitrogen and oxygen atoms in total. The third kappa shape index (κ3) is 4.95. The maximum Gasteiger partial charge on any atom is 0.271 e. The van der Waals surface area contributed by atoms with Gasteiger partial charge >= 0.3 is 0 Å². The summed E-state index contributed by atoms with van der Waals surface area (Å²) in [6.45, 7) is 5.18. The molecule has 3 aliphatic heterocycles. The monoisotopic (exact) mass is 510 g/mol. The Morgan fingerprint density at radius 2 is 1.97 bits per heavy atom. The van der Waals surface area contributed by atoms with E-state index in [1.807, 2.05) is 19.1 Å². The fourth-order valence-electron chi connectivity index (χ4n) is 5.01. The second kappa shape index (κ2) is 9.40. The molecule has 3 aliphatic rings. The number of aliphatic hydroxyl groups excluding tert-OH is 1. The van der Waals surface area contributed by atoms with Crippen molar-refractivity contribution in [1.82, 2.24) is 9.88 Å². The summed E-state index contributed by atoms with van der Waals surface area (Å²) < 4.78 is 37.1. The topological polar surface area (TPSA) is 87.2 Å². The van der Waals surface area contributed by atoms with E-state index >= 15 is 0 Å². The molecule has 5 rings (SSSR count). The standard InChI is InChI=1S/C24H29ClF2N4O4/c1-23(13-34-12-20(23)32)31-6-4-30(5-7-31)18-9-15-10-21(28-11-16(15)8-17(18)25)29-22(33)19-2-3-24(26,27)14-35-19/h8-11,19-20,32H,2-7,12-14H2,1H3,(H,28,29,33)/t19-,20-,23+/m1/s1. The lowest BCUT2D eigenvalue weighted by molar-refractivity contribution is -0.158. The third-order valence-corrected chi connectivity index (χ3v) is 7.63. The number of pyridine rings is 1. The van der Waals surface area contributed by atoms with E-state index < -0.39 is 30.6 Å². The molecule has 11 heteroatoms. The molecular weight excluding hydrogens is 482 g/mol. The Labute approximate surface area is 207 Å². The van der Waals surface area contributed by atoms with Gasteiger partial charge in [-0.1, -0.05) is 11.6 Å². The minimum absolute atomic E-state index is 0.0413. The fraction of sp³-hybridized carbons (Fsp3) is 0.583. The number of nitrogens with one attached hydrogen (secondary N) is 1. The van der Waals surface area contributed by atoms with Crippen LogP contribution in [-0.2, 0) is 14.3 Å². The van der Waals surface area contributed by atoms with Gasteiger partial charge in [0.1, 0.15) is 18.5 Å². The molecule has 2 aromatic rings. The number of hydrogen-bond acceptors (Lipinski definition) is 7. The lowest BCUT2D eigenvalue weighted by Crippen LogP contribution is -2.60. The van der Waals surface area contributed by atoms with Gasteiger partial charge in [-0.3, -0.25) is 9.69 Å². The van der Waals surface area contributed by atoms with Crippen molar-refractivity contribution >= 4 is 39.8 Å². The molecule has 0 aliphatic carbocycles. The van der Waals surface area contributed by atoms with Gasteiger partial charge in [0, 0.05) is 44.2 Å². The molecule has 0 bridgehead atoms. The molecule has 1 aromatic heterocycles. The van der Waals surface area contributed by atoms with E-state index in [-0.39, 0.29) is 18.4 Å². The number of amides is 1. The quantitative estimate of drug-likeness (QED) is 0.654. The largest absolute Gasteiger partial charge is 0.389 e. The number of halogens is 3. The van der Waals surface area contributed by atoms with Crippen LogP contribution in [0, 0.1) is 0 Å². The molecule has 0 radical (unpaired) electrons. The summed E-state index contributed by atoms with van der Waals surface area (Å²) in [6.07, 6.45) is -0.224. The second-order valence-electron chi connectivity index (χ2n) is 9.77. The first kappa shape index (κ1) is 24.6. The minimum Gasteiger partial charge on any atom is -0.389 e. The number of alkyl halides is 2. The van der Waals surface area contributed by atoms with Gasteiger partial charge in [0.15, 0.2) is 0 Å². The molecule has 3 saturated heterocycles. The van der Waals surface area contributed by atoms with E-state index in [2.05, 4.69) is 20.1 Å². The van der Waals surface area contributed by atoms with E-state index in [1.54, 1.807) is 12.3 Å². The van der Waals surface area contributed by atoms with Gasteiger partial charge < -0.3 is 24.8 Å². The van der Waals surface area contributed by atoms with Crippen LogP contribution in [0.5, 0.6) is 0 Å². The van der Waals surface area contributed by atoms with Crippen LogP contribution in [0.1, 0.15) is 19.8 Å². The zero-order valence-corrected chi connectivity index (χ0v) is 20.2. The van der Waals surface area contributed by atoms with Crippen LogP contribution < -0.4 is 10.2 Å². The maximum absolute atomic E-state index is 13.3. The van der Waals surface area contributed by atoms with E-state index in [9.17, 15) is 18.7 Å². The zero-order chi connectivity index (χ0) is 24.8. The number of nitrogens with zero attached hydrogens (tertiary/aromatic N) is 3. The molecule has 0 spiro atoms. The summed E-state index contributed by atoms with van der Waals surface area (Å²) in [5.41, 5.74) is 0.504. The number of benzene rings is 1. The Morgan fingerprint density at radius 3 is 2.63 bits per heavy atom. The van der Waals surface area contributed by atoms with Crippen LogP contribution in [0.4, 0.5) is 20.3 Å². The molecule has 3 atom stereocenters. The first-order valence-electron chi connectivity index (χ1n) is 11.8. The Hall–Kier alpha value is -2.11. The molecule has 3 fully saturated rings. The van der Waals surface area contributed by atoms with Crippen molar-refractivity contribution in [3.05, 3.63) is 29.4 Å². The lowest BCUT2D eigenvalue weighted by Gasteiger charge is -2.45. The summed E-state index contributed by atoms with van der Waals surface area (Å²) in [7, 11) is 0. The van der Waals surface area contributed by atoms with Crippen molar-refractivity contribution in [2.75, 3.05) is 56.2 Å². The molecular formula is C24H29ClF2N4O4. The number of anilines is 2. The number of aromatic nitrogens is 1. The summed E-state index contributed by atoms with van der Waals surface area (Å²) in [4.78, 5) is 21.2. The second-order valence-corrected chi connectivity index (χ2v) is 10.2. The predicted molar refractivity (Wildman–Crippen MR) is 128 cm³/mol. The normalized spacial score (nSPS) is 29.5. The highest BCUT2D eigenvalue weighted by molar-refractivity contribution is 6.34. The van der Waals surface area contributed by atoms with Crippen molar-refractivity contribution in [3.8, 4) is 0 Å². The summed E-state index contributed by atoms with van der Waals surface area (Å²) in [6, 6.07) is 5.56. The maximum atomic E-state index is 13.3. The van der Waals surface area contributed by atoms with Crippen LogP contribution in [0.25, 0.3) is 10.8 Å². The van der Waals surface area contributed by atoms with E-state index in [1.165, 1.54) is 0 Å². The third-order valence-electron chi connectivity index (χ3n) is 7.33. The minimum atomic E-state index is -2.89.